The maximum atomic E-state index is 14.2. The summed E-state index contributed by atoms with van der Waals surface area (Å²) < 4.78 is 14.2. The Hall–Kier alpha value is -1.09. The topological polar surface area (TPSA) is 15.3 Å². The first kappa shape index (κ1) is 13.3. The summed E-state index contributed by atoms with van der Waals surface area (Å²) in [6.45, 7) is 4.01. The minimum Gasteiger partial charge on any atom is -0.369 e. The predicted molar refractivity (Wildman–Crippen MR) is 74.6 cm³/mol. The summed E-state index contributed by atoms with van der Waals surface area (Å²) in [6, 6.07) is 5.83. The van der Waals surface area contributed by atoms with Crippen molar-refractivity contribution in [3.05, 3.63) is 29.6 Å². The largest absolute Gasteiger partial charge is 0.369 e. The molecule has 0 saturated carbocycles. The molecule has 2 rings (SSSR count). The van der Waals surface area contributed by atoms with Crippen LogP contribution in [0.15, 0.2) is 18.2 Å². The molecule has 1 N–H and O–H groups in total. The molecule has 100 valence electrons. The summed E-state index contributed by atoms with van der Waals surface area (Å²) in [7, 11) is 1.89. The van der Waals surface area contributed by atoms with Gasteiger partial charge in [-0.1, -0.05) is 18.9 Å². The van der Waals surface area contributed by atoms with Crippen LogP contribution < -0.4 is 10.2 Å². The molecule has 2 nitrogen and oxygen atoms in total. The highest BCUT2D eigenvalue weighted by Gasteiger charge is 2.15. The van der Waals surface area contributed by atoms with E-state index in [1.807, 2.05) is 26.1 Å². The fourth-order valence-electron chi connectivity index (χ4n) is 2.53. The maximum Gasteiger partial charge on any atom is 0.146 e. The summed E-state index contributed by atoms with van der Waals surface area (Å²) in [5.74, 6) is -0.0866. The molecule has 0 radical (unpaired) electrons. The standard InChI is InChI=1S/C15H23FN2/c1-12(17-2)13-7-8-15(14(16)11-13)18-9-5-3-4-6-10-18/h7-8,11-12,17H,3-6,9-10H2,1-2H3/t12-/m1/s1. The van der Waals surface area contributed by atoms with Crippen molar-refractivity contribution >= 4 is 5.69 Å². The third-order valence-electron chi connectivity index (χ3n) is 3.85. The molecule has 1 aliphatic heterocycles. The third-order valence-corrected chi connectivity index (χ3v) is 3.85. The van der Waals surface area contributed by atoms with Crippen LogP contribution in [0.5, 0.6) is 0 Å². The first-order valence-corrected chi connectivity index (χ1v) is 6.94. The summed E-state index contributed by atoms with van der Waals surface area (Å²) in [6.07, 6.45) is 4.89. The van der Waals surface area contributed by atoms with Crippen molar-refractivity contribution in [3.8, 4) is 0 Å². The lowest BCUT2D eigenvalue weighted by molar-refractivity contribution is 0.601. The van der Waals surface area contributed by atoms with E-state index in [9.17, 15) is 4.39 Å². The highest BCUT2D eigenvalue weighted by atomic mass is 19.1. The number of hydrogen-bond acceptors (Lipinski definition) is 2. The molecule has 0 spiro atoms. The molecule has 18 heavy (non-hydrogen) atoms. The van der Waals surface area contributed by atoms with Gasteiger partial charge in [0.25, 0.3) is 0 Å². The van der Waals surface area contributed by atoms with E-state index in [2.05, 4.69) is 10.2 Å². The van der Waals surface area contributed by atoms with Crippen LogP contribution >= 0.6 is 0 Å². The second kappa shape index (κ2) is 6.19. The number of nitrogens with zero attached hydrogens (tertiary/aromatic N) is 1. The molecule has 0 unspecified atom stereocenters. The molecule has 1 atom stereocenters. The van der Waals surface area contributed by atoms with Gasteiger partial charge in [-0.05, 0) is 44.5 Å². The molecule has 0 aliphatic carbocycles. The van der Waals surface area contributed by atoms with Gasteiger partial charge < -0.3 is 10.2 Å². The van der Waals surface area contributed by atoms with Gasteiger partial charge in [0.2, 0.25) is 0 Å². The van der Waals surface area contributed by atoms with Gasteiger partial charge in [0, 0.05) is 19.1 Å². The number of rotatable bonds is 3. The number of hydrogen-bond donors (Lipinski definition) is 1. The van der Waals surface area contributed by atoms with E-state index in [-0.39, 0.29) is 11.9 Å². The smallest absolute Gasteiger partial charge is 0.146 e. The third kappa shape index (κ3) is 3.02. The van der Waals surface area contributed by atoms with Gasteiger partial charge in [-0.2, -0.15) is 0 Å². The normalized spacial score (nSPS) is 18.5. The van der Waals surface area contributed by atoms with E-state index in [0.717, 1.165) is 24.3 Å². The van der Waals surface area contributed by atoms with Gasteiger partial charge in [-0.15, -0.1) is 0 Å². The van der Waals surface area contributed by atoms with Crippen molar-refractivity contribution in [2.24, 2.45) is 0 Å². The molecule has 1 heterocycles. The molecule has 3 heteroatoms. The molecule has 1 aromatic rings. The molecule has 1 aliphatic rings. The summed E-state index contributed by atoms with van der Waals surface area (Å²) in [5.41, 5.74) is 1.78. The van der Waals surface area contributed by atoms with Gasteiger partial charge in [-0.3, -0.25) is 0 Å². The summed E-state index contributed by atoms with van der Waals surface area (Å²) in [5, 5.41) is 3.14. The van der Waals surface area contributed by atoms with E-state index < -0.39 is 0 Å². The lowest BCUT2D eigenvalue weighted by atomic mass is 10.1. The number of halogens is 1. The Balaban J connectivity index is 2.18. The monoisotopic (exact) mass is 250 g/mol. The number of nitrogens with one attached hydrogen (secondary N) is 1. The van der Waals surface area contributed by atoms with Gasteiger partial charge in [0.05, 0.1) is 5.69 Å². The van der Waals surface area contributed by atoms with Crippen molar-refractivity contribution in [1.82, 2.24) is 5.32 Å². The fraction of sp³-hybridized carbons (Fsp3) is 0.600. The van der Waals surface area contributed by atoms with Crippen LogP contribution in [0.3, 0.4) is 0 Å². The zero-order valence-corrected chi connectivity index (χ0v) is 11.4. The summed E-state index contributed by atoms with van der Waals surface area (Å²) in [4.78, 5) is 2.19. The van der Waals surface area contributed by atoms with Crippen molar-refractivity contribution in [1.29, 1.82) is 0 Å². The lowest BCUT2D eigenvalue weighted by Gasteiger charge is -2.24. The first-order valence-electron chi connectivity index (χ1n) is 6.94. The van der Waals surface area contributed by atoms with Gasteiger partial charge >= 0.3 is 0 Å². The average molecular weight is 250 g/mol. The van der Waals surface area contributed by atoms with Crippen LogP contribution in [0.25, 0.3) is 0 Å². The van der Waals surface area contributed by atoms with E-state index in [0.29, 0.717) is 0 Å². The molecule has 1 fully saturated rings. The Morgan fingerprint density at radius 3 is 2.39 bits per heavy atom. The van der Waals surface area contributed by atoms with Crippen LogP contribution in [0.2, 0.25) is 0 Å². The Kier molecular flexibility index (Phi) is 4.59. The number of anilines is 1. The Labute approximate surface area is 109 Å². The zero-order valence-electron chi connectivity index (χ0n) is 11.4. The van der Waals surface area contributed by atoms with Crippen LogP contribution in [0.1, 0.15) is 44.2 Å². The van der Waals surface area contributed by atoms with E-state index in [1.54, 1.807) is 6.07 Å². The maximum absolute atomic E-state index is 14.2. The molecule has 1 saturated heterocycles. The van der Waals surface area contributed by atoms with Crippen molar-refractivity contribution < 1.29 is 4.39 Å². The minimum absolute atomic E-state index is 0.0866. The van der Waals surface area contributed by atoms with E-state index in [4.69, 9.17) is 0 Å². The first-order chi connectivity index (χ1) is 8.72. The average Bonchev–Trinajstić information content (AvgIpc) is 2.66. The molecule has 0 aromatic heterocycles. The van der Waals surface area contributed by atoms with Crippen LogP contribution in [0, 0.1) is 5.82 Å². The second-order valence-corrected chi connectivity index (χ2v) is 5.12. The Morgan fingerprint density at radius 2 is 1.83 bits per heavy atom. The van der Waals surface area contributed by atoms with Crippen molar-refractivity contribution in [2.75, 3.05) is 25.0 Å². The van der Waals surface area contributed by atoms with E-state index in [1.165, 1.54) is 25.7 Å². The SMILES string of the molecule is CN[C@H](C)c1ccc(N2CCCCCC2)c(F)c1. The van der Waals surface area contributed by atoms with Crippen molar-refractivity contribution in [2.45, 2.75) is 38.6 Å². The Morgan fingerprint density at radius 1 is 1.17 bits per heavy atom. The van der Waals surface area contributed by atoms with Gasteiger partial charge in [0.15, 0.2) is 0 Å². The Bertz CT molecular complexity index is 384. The zero-order chi connectivity index (χ0) is 13.0. The van der Waals surface area contributed by atoms with Crippen molar-refractivity contribution in [3.63, 3.8) is 0 Å². The fourth-order valence-corrected chi connectivity index (χ4v) is 2.53. The van der Waals surface area contributed by atoms with Crippen LogP contribution in [-0.4, -0.2) is 20.1 Å². The molecular weight excluding hydrogens is 227 g/mol. The van der Waals surface area contributed by atoms with Crippen LogP contribution in [0.4, 0.5) is 10.1 Å². The molecule has 1 aromatic carbocycles. The minimum atomic E-state index is -0.0866. The van der Waals surface area contributed by atoms with Gasteiger partial charge in [0.1, 0.15) is 5.82 Å². The molecule has 0 amide bonds. The van der Waals surface area contributed by atoms with Crippen LogP contribution in [-0.2, 0) is 0 Å². The highest BCUT2D eigenvalue weighted by molar-refractivity contribution is 5.49. The van der Waals surface area contributed by atoms with Gasteiger partial charge in [-0.25, -0.2) is 4.39 Å². The summed E-state index contributed by atoms with van der Waals surface area (Å²) >= 11 is 0. The quantitative estimate of drug-likeness (QED) is 0.883. The molecular formula is C15H23FN2. The lowest BCUT2D eigenvalue weighted by Crippen LogP contribution is -2.25. The van der Waals surface area contributed by atoms with E-state index >= 15 is 0 Å². The molecule has 0 bridgehead atoms. The predicted octanol–water partition coefficient (Wildman–Crippen LogP) is 3.49. The number of benzene rings is 1. The highest BCUT2D eigenvalue weighted by Crippen LogP contribution is 2.25. The second-order valence-electron chi connectivity index (χ2n) is 5.12.